The van der Waals surface area contributed by atoms with Gasteiger partial charge < -0.3 is 15.0 Å². The van der Waals surface area contributed by atoms with Crippen molar-refractivity contribution in [2.45, 2.75) is 31.6 Å². The Labute approximate surface area is 147 Å². The van der Waals surface area contributed by atoms with Gasteiger partial charge in [0.15, 0.2) is 0 Å². The van der Waals surface area contributed by atoms with Gasteiger partial charge in [0.05, 0.1) is 12.5 Å². The van der Waals surface area contributed by atoms with Crippen LogP contribution in [0, 0.1) is 0 Å². The Morgan fingerprint density at radius 3 is 2.60 bits per heavy atom. The van der Waals surface area contributed by atoms with E-state index in [0.717, 1.165) is 47.2 Å². The fourth-order valence-electron chi connectivity index (χ4n) is 3.44. The van der Waals surface area contributed by atoms with E-state index in [-0.39, 0.29) is 5.91 Å². The number of rotatable bonds is 5. The van der Waals surface area contributed by atoms with Crippen LogP contribution in [0.2, 0.25) is 0 Å². The average molecular weight is 334 g/mol. The van der Waals surface area contributed by atoms with Crippen LogP contribution in [0.5, 0.6) is 5.75 Å². The molecule has 1 saturated carbocycles. The molecule has 0 radical (unpaired) electrons. The van der Waals surface area contributed by atoms with Crippen LogP contribution in [-0.4, -0.2) is 18.0 Å². The zero-order valence-corrected chi connectivity index (χ0v) is 14.6. The van der Waals surface area contributed by atoms with Crippen molar-refractivity contribution in [3.05, 3.63) is 59.8 Å². The Balaban J connectivity index is 1.64. The number of aromatic nitrogens is 1. The molecule has 1 fully saturated rings. The summed E-state index contributed by atoms with van der Waals surface area (Å²) < 4.78 is 5.34. The molecule has 2 N–H and O–H groups in total. The molecule has 2 aromatic carbocycles. The number of ether oxygens (including phenoxy) is 1. The van der Waals surface area contributed by atoms with Crippen molar-refractivity contribution in [3.8, 4) is 5.75 Å². The van der Waals surface area contributed by atoms with Gasteiger partial charge in [-0.1, -0.05) is 19.1 Å². The zero-order chi connectivity index (χ0) is 17.4. The molecule has 0 bridgehead atoms. The van der Waals surface area contributed by atoms with Crippen molar-refractivity contribution < 1.29 is 9.53 Å². The number of fused-ring (bicyclic) bond motifs is 1. The van der Waals surface area contributed by atoms with Crippen molar-refractivity contribution in [2.75, 3.05) is 12.4 Å². The van der Waals surface area contributed by atoms with Crippen LogP contribution in [0.1, 0.15) is 30.9 Å². The maximum absolute atomic E-state index is 13.0. The number of carbonyl (C=O) groups is 1. The van der Waals surface area contributed by atoms with E-state index in [2.05, 4.69) is 29.4 Å². The molecule has 1 aromatic heterocycles. The molecule has 1 heterocycles. The molecule has 3 aromatic rings. The number of aromatic amines is 1. The minimum atomic E-state index is -0.436. The first-order valence-electron chi connectivity index (χ1n) is 8.72. The second-order valence-corrected chi connectivity index (χ2v) is 6.70. The van der Waals surface area contributed by atoms with Crippen molar-refractivity contribution >= 4 is 22.5 Å². The zero-order valence-electron chi connectivity index (χ0n) is 14.6. The average Bonchev–Trinajstić information content (AvgIpc) is 3.35. The second-order valence-electron chi connectivity index (χ2n) is 6.70. The number of hydrogen-bond donors (Lipinski definition) is 2. The number of H-pyrrole nitrogens is 1. The molecule has 4 heteroatoms. The predicted octanol–water partition coefficient (Wildman–Crippen LogP) is 4.41. The lowest BCUT2D eigenvalue weighted by atomic mass is 9.94. The molecule has 4 rings (SSSR count). The Bertz CT molecular complexity index is 921. The van der Waals surface area contributed by atoms with Crippen LogP contribution in [0.4, 0.5) is 5.69 Å². The van der Waals surface area contributed by atoms with Crippen molar-refractivity contribution in [2.24, 2.45) is 0 Å². The molecule has 0 saturated heterocycles. The highest BCUT2D eigenvalue weighted by Gasteiger charge is 2.52. The van der Waals surface area contributed by atoms with E-state index in [4.69, 9.17) is 4.74 Å². The lowest BCUT2D eigenvalue weighted by Crippen LogP contribution is -2.27. The normalized spacial score (nSPS) is 15.1. The highest BCUT2D eigenvalue weighted by atomic mass is 16.5. The summed E-state index contributed by atoms with van der Waals surface area (Å²) in [6.45, 7) is 2.12. The summed E-state index contributed by atoms with van der Waals surface area (Å²) >= 11 is 0. The molecule has 0 unspecified atom stereocenters. The number of amides is 1. The van der Waals surface area contributed by atoms with Crippen molar-refractivity contribution in [3.63, 3.8) is 0 Å². The van der Waals surface area contributed by atoms with E-state index in [1.54, 1.807) is 7.11 Å². The van der Waals surface area contributed by atoms with Gasteiger partial charge in [-0.2, -0.15) is 0 Å². The van der Waals surface area contributed by atoms with Gasteiger partial charge in [0, 0.05) is 22.8 Å². The fraction of sp³-hybridized carbons (Fsp3) is 0.286. The van der Waals surface area contributed by atoms with Crippen molar-refractivity contribution in [1.82, 2.24) is 4.98 Å². The topological polar surface area (TPSA) is 54.1 Å². The summed E-state index contributed by atoms with van der Waals surface area (Å²) in [7, 11) is 1.66. The number of methoxy groups -OCH3 is 1. The fourth-order valence-corrected chi connectivity index (χ4v) is 3.44. The number of anilines is 1. The number of hydrogen-bond acceptors (Lipinski definition) is 2. The number of nitrogens with one attached hydrogen (secondary N) is 2. The van der Waals surface area contributed by atoms with Gasteiger partial charge in [-0.3, -0.25) is 4.79 Å². The van der Waals surface area contributed by atoms with E-state index in [1.165, 1.54) is 5.56 Å². The summed E-state index contributed by atoms with van der Waals surface area (Å²) in [4.78, 5) is 16.3. The first-order valence-corrected chi connectivity index (χ1v) is 8.72. The molecule has 4 nitrogen and oxygen atoms in total. The van der Waals surface area contributed by atoms with Gasteiger partial charge in [0.2, 0.25) is 5.91 Å². The van der Waals surface area contributed by atoms with Gasteiger partial charge in [-0.25, -0.2) is 0 Å². The van der Waals surface area contributed by atoms with E-state index in [0.29, 0.717) is 0 Å². The maximum atomic E-state index is 13.0. The number of benzene rings is 2. The highest BCUT2D eigenvalue weighted by Crippen LogP contribution is 2.51. The smallest absolute Gasteiger partial charge is 0.235 e. The van der Waals surface area contributed by atoms with Crippen LogP contribution in [0.3, 0.4) is 0 Å². The molecular weight excluding hydrogens is 312 g/mol. The molecule has 1 amide bonds. The molecular formula is C21H22N2O2. The second kappa shape index (κ2) is 5.96. The van der Waals surface area contributed by atoms with Crippen LogP contribution in [0.15, 0.2) is 48.7 Å². The molecule has 0 atom stereocenters. The van der Waals surface area contributed by atoms with Gasteiger partial charge in [0.25, 0.3) is 0 Å². The third-order valence-corrected chi connectivity index (χ3v) is 5.21. The Kier molecular flexibility index (Phi) is 3.75. The van der Waals surface area contributed by atoms with Crippen LogP contribution in [0.25, 0.3) is 10.9 Å². The molecule has 25 heavy (non-hydrogen) atoms. The summed E-state index contributed by atoms with van der Waals surface area (Å²) in [6, 6.07) is 14.0. The van der Waals surface area contributed by atoms with Gasteiger partial charge in [-0.15, -0.1) is 0 Å². The molecule has 0 aliphatic heterocycles. The Morgan fingerprint density at radius 1 is 1.20 bits per heavy atom. The van der Waals surface area contributed by atoms with Crippen molar-refractivity contribution in [1.29, 1.82) is 0 Å². The predicted molar refractivity (Wildman–Crippen MR) is 100 cm³/mol. The van der Waals surface area contributed by atoms with Crippen LogP contribution in [-0.2, 0) is 16.6 Å². The molecule has 128 valence electrons. The molecule has 1 aliphatic rings. The molecule has 1 aliphatic carbocycles. The first-order chi connectivity index (χ1) is 12.2. The Morgan fingerprint density at radius 2 is 1.96 bits per heavy atom. The van der Waals surface area contributed by atoms with Gasteiger partial charge >= 0.3 is 0 Å². The monoisotopic (exact) mass is 334 g/mol. The number of carbonyl (C=O) groups excluding carboxylic acids is 1. The largest absolute Gasteiger partial charge is 0.497 e. The summed E-state index contributed by atoms with van der Waals surface area (Å²) in [5.74, 6) is 0.875. The third kappa shape index (κ3) is 2.68. The third-order valence-electron chi connectivity index (χ3n) is 5.21. The summed E-state index contributed by atoms with van der Waals surface area (Å²) in [5, 5.41) is 4.16. The van der Waals surface area contributed by atoms with E-state index in [9.17, 15) is 4.79 Å². The highest BCUT2D eigenvalue weighted by molar-refractivity contribution is 6.04. The number of aryl methyl sites for hydroxylation is 1. The summed E-state index contributed by atoms with van der Waals surface area (Å²) in [6.07, 6.45) is 4.71. The van der Waals surface area contributed by atoms with Gasteiger partial charge in [0.1, 0.15) is 5.75 Å². The standard InChI is InChI=1S/C21H22N2O2/c1-3-14-4-6-15(7-5-14)23-20(24)21(10-11-21)18-13-22-19-9-8-16(25-2)12-17(18)19/h4-9,12-13,22H,3,10-11H2,1-2H3,(H,23,24). The van der Waals surface area contributed by atoms with E-state index >= 15 is 0 Å². The summed E-state index contributed by atoms with van der Waals surface area (Å²) in [5.41, 5.74) is 3.77. The van der Waals surface area contributed by atoms with Crippen LogP contribution >= 0.6 is 0 Å². The lowest BCUT2D eigenvalue weighted by Gasteiger charge is -2.15. The first kappa shape index (κ1) is 15.8. The lowest BCUT2D eigenvalue weighted by molar-refractivity contribution is -0.118. The minimum absolute atomic E-state index is 0.0699. The quantitative estimate of drug-likeness (QED) is 0.726. The van der Waals surface area contributed by atoms with E-state index in [1.807, 2.05) is 36.5 Å². The van der Waals surface area contributed by atoms with Crippen LogP contribution < -0.4 is 10.1 Å². The Hall–Kier alpha value is -2.75. The molecule has 0 spiro atoms. The maximum Gasteiger partial charge on any atom is 0.235 e. The SMILES string of the molecule is CCc1ccc(NC(=O)C2(c3c[nH]c4ccc(OC)cc34)CC2)cc1. The van der Waals surface area contributed by atoms with Gasteiger partial charge in [-0.05, 0) is 60.7 Å². The minimum Gasteiger partial charge on any atom is -0.497 e. The van der Waals surface area contributed by atoms with E-state index < -0.39 is 5.41 Å².